The van der Waals surface area contributed by atoms with Crippen LogP contribution in [-0.4, -0.2) is 20.9 Å². The van der Waals surface area contributed by atoms with Crippen LogP contribution in [0, 0.1) is 0 Å². The third kappa shape index (κ3) is 3.66. The minimum Gasteiger partial charge on any atom is -0.295 e. The van der Waals surface area contributed by atoms with Crippen molar-refractivity contribution >= 4 is 10.8 Å². The predicted octanol–water partition coefficient (Wildman–Crippen LogP) is 4.41. The summed E-state index contributed by atoms with van der Waals surface area (Å²) >= 11 is 0. The average Bonchev–Trinajstić information content (AvgIpc) is 3.03. The highest BCUT2D eigenvalue weighted by atomic mass is 19.4. The van der Waals surface area contributed by atoms with Crippen molar-refractivity contribution in [2.24, 2.45) is 0 Å². The molecule has 1 atom stereocenters. The zero-order valence-electron chi connectivity index (χ0n) is 14.0. The first-order chi connectivity index (χ1) is 11.9. The zero-order chi connectivity index (χ0) is 18.0. The third-order valence-corrected chi connectivity index (χ3v) is 4.06. The Kier molecular flexibility index (Phi) is 4.76. The Morgan fingerprint density at radius 2 is 1.80 bits per heavy atom. The highest BCUT2D eigenvalue weighted by Gasteiger charge is 2.41. The Hall–Kier alpha value is -2.41. The summed E-state index contributed by atoms with van der Waals surface area (Å²) in [6, 6.07) is 10.3. The molecule has 0 bridgehead atoms. The first kappa shape index (κ1) is 17.4. The lowest BCUT2D eigenvalue weighted by molar-refractivity contribution is -0.158. The van der Waals surface area contributed by atoms with Crippen molar-refractivity contribution in [2.45, 2.75) is 38.7 Å². The largest absolute Gasteiger partial charge is 0.407 e. The molecule has 132 valence electrons. The molecule has 0 aliphatic rings. The molecule has 0 aliphatic carbocycles. The van der Waals surface area contributed by atoms with E-state index in [1.165, 1.54) is 12.4 Å². The summed E-state index contributed by atoms with van der Waals surface area (Å²) in [4.78, 5) is 4.07. The summed E-state index contributed by atoms with van der Waals surface area (Å²) in [5, 5.41) is 8.05. The van der Waals surface area contributed by atoms with E-state index < -0.39 is 12.2 Å². The maximum atomic E-state index is 13.7. The quantitative estimate of drug-likeness (QED) is 0.743. The number of rotatable bonds is 5. The summed E-state index contributed by atoms with van der Waals surface area (Å²) in [6.45, 7) is 3.79. The van der Waals surface area contributed by atoms with E-state index in [0.717, 1.165) is 5.39 Å². The Morgan fingerprint density at radius 3 is 2.52 bits per heavy atom. The molecule has 0 amide bonds. The number of hydrogen-bond acceptors (Lipinski definition) is 3. The van der Waals surface area contributed by atoms with Crippen LogP contribution >= 0.6 is 0 Å². The van der Waals surface area contributed by atoms with Crippen LogP contribution in [0.1, 0.15) is 37.3 Å². The van der Waals surface area contributed by atoms with E-state index in [1.807, 2.05) is 32.0 Å². The van der Waals surface area contributed by atoms with Crippen molar-refractivity contribution in [2.75, 3.05) is 0 Å². The summed E-state index contributed by atoms with van der Waals surface area (Å²) in [5.41, 5.74) is 0.209. The maximum Gasteiger partial charge on any atom is 0.407 e. The number of halogens is 3. The highest BCUT2D eigenvalue weighted by Crippen LogP contribution is 2.36. The lowest BCUT2D eigenvalue weighted by atomic mass is 9.98. The minimum absolute atomic E-state index is 0.0222. The molecule has 25 heavy (non-hydrogen) atoms. The summed E-state index contributed by atoms with van der Waals surface area (Å²) in [5.74, 6) is 0.476. The van der Waals surface area contributed by atoms with E-state index in [4.69, 9.17) is 0 Å². The minimum atomic E-state index is -4.42. The molecule has 2 aromatic carbocycles. The van der Waals surface area contributed by atoms with E-state index in [1.54, 1.807) is 22.9 Å². The van der Waals surface area contributed by atoms with Gasteiger partial charge in [0.2, 0.25) is 0 Å². The Morgan fingerprint density at radius 1 is 1.08 bits per heavy atom. The fourth-order valence-corrected chi connectivity index (χ4v) is 2.93. The van der Waals surface area contributed by atoms with Gasteiger partial charge in [0.1, 0.15) is 18.2 Å². The molecule has 3 aromatic rings. The number of benzene rings is 2. The van der Waals surface area contributed by atoms with Crippen LogP contribution in [0.4, 0.5) is 13.2 Å². The second-order valence-electron chi connectivity index (χ2n) is 6.14. The molecule has 0 saturated carbocycles. The monoisotopic (exact) mass is 348 g/mol. The fraction of sp³-hybridized carbons (Fsp3) is 0.333. The second-order valence-corrected chi connectivity index (χ2v) is 6.14. The summed E-state index contributed by atoms with van der Waals surface area (Å²) in [7, 11) is 0. The van der Waals surface area contributed by atoms with Crippen molar-refractivity contribution in [3.8, 4) is 0 Å². The molecule has 1 heterocycles. The van der Waals surface area contributed by atoms with Gasteiger partial charge in [-0.25, -0.2) is 9.67 Å². The molecule has 3 rings (SSSR count). The van der Waals surface area contributed by atoms with Crippen LogP contribution < -0.4 is 5.32 Å². The van der Waals surface area contributed by atoms with Crippen molar-refractivity contribution in [3.05, 3.63) is 60.2 Å². The van der Waals surface area contributed by atoms with Gasteiger partial charge in [0.05, 0.1) is 6.54 Å². The van der Waals surface area contributed by atoms with Crippen molar-refractivity contribution in [3.63, 3.8) is 0 Å². The summed E-state index contributed by atoms with van der Waals surface area (Å²) in [6.07, 6.45) is -3.07. The molecule has 7 heteroatoms. The van der Waals surface area contributed by atoms with Gasteiger partial charge in [0, 0.05) is 6.04 Å². The van der Waals surface area contributed by atoms with Crippen LogP contribution in [-0.2, 0) is 6.54 Å². The molecule has 0 aliphatic heterocycles. The molecular weight excluding hydrogens is 329 g/mol. The molecule has 4 nitrogen and oxygen atoms in total. The standard InChI is InChI=1S/C18H19F3N4/c1-12(2)25-16(23-11-24-25)10-22-17(18(19,20)21)15-9-5-7-13-6-3-4-8-14(13)15/h3-9,11-12,17,22H,10H2,1-2H3. The second kappa shape index (κ2) is 6.84. The molecule has 0 radical (unpaired) electrons. The first-order valence-corrected chi connectivity index (χ1v) is 8.04. The van der Waals surface area contributed by atoms with E-state index in [-0.39, 0.29) is 18.2 Å². The topological polar surface area (TPSA) is 42.7 Å². The smallest absolute Gasteiger partial charge is 0.295 e. The van der Waals surface area contributed by atoms with Crippen LogP contribution in [0.3, 0.4) is 0 Å². The van der Waals surface area contributed by atoms with Crippen molar-refractivity contribution < 1.29 is 13.2 Å². The Balaban J connectivity index is 1.94. The fourth-order valence-electron chi connectivity index (χ4n) is 2.93. The van der Waals surface area contributed by atoms with Gasteiger partial charge in [-0.2, -0.15) is 18.3 Å². The van der Waals surface area contributed by atoms with Crippen molar-refractivity contribution in [1.29, 1.82) is 0 Å². The SMILES string of the molecule is CC(C)n1ncnc1CNC(c1cccc2ccccc12)C(F)(F)F. The molecule has 0 fully saturated rings. The van der Waals surface area contributed by atoms with E-state index in [0.29, 0.717) is 11.2 Å². The zero-order valence-corrected chi connectivity index (χ0v) is 14.0. The molecule has 0 saturated heterocycles. The number of alkyl halides is 3. The molecule has 0 spiro atoms. The van der Waals surface area contributed by atoms with Crippen LogP contribution in [0.15, 0.2) is 48.8 Å². The van der Waals surface area contributed by atoms with Gasteiger partial charge in [0.25, 0.3) is 0 Å². The highest BCUT2D eigenvalue weighted by molar-refractivity contribution is 5.86. The first-order valence-electron chi connectivity index (χ1n) is 8.04. The van der Waals surface area contributed by atoms with Gasteiger partial charge >= 0.3 is 6.18 Å². The predicted molar refractivity (Wildman–Crippen MR) is 90.0 cm³/mol. The van der Waals surface area contributed by atoms with Gasteiger partial charge in [0.15, 0.2) is 0 Å². The molecule has 1 unspecified atom stereocenters. The molecule has 1 N–H and O–H groups in total. The number of aromatic nitrogens is 3. The maximum absolute atomic E-state index is 13.7. The van der Waals surface area contributed by atoms with Crippen LogP contribution in [0.25, 0.3) is 10.8 Å². The van der Waals surface area contributed by atoms with Crippen molar-refractivity contribution in [1.82, 2.24) is 20.1 Å². The van der Waals surface area contributed by atoms with E-state index in [9.17, 15) is 13.2 Å². The number of hydrogen-bond donors (Lipinski definition) is 1. The third-order valence-electron chi connectivity index (χ3n) is 4.06. The number of fused-ring (bicyclic) bond motifs is 1. The van der Waals surface area contributed by atoms with E-state index >= 15 is 0 Å². The number of nitrogens with zero attached hydrogens (tertiary/aromatic N) is 3. The Labute approximate surface area is 143 Å². The van der Waals surface area contributed by atoms with Crippen LogP contribution in [0.5, 0.6) is 0 Å². The lowest BCUT2D eigenvalue weighted by Crippen LogP contribution is -2.34. The van der Waals surface area contributed by atoms with Gasteiger partial charge in [-0.05, 0) is 30.2 Å². The van der Waals surface area contributed by atoms with Gasteiger partial charge in [-0.15, -0.1) is 0 Å². The number of nitrogens with one attached hydrogen (secondary N) is 1. The molecular formula is C18H19F3N4. The average molecular weight is 348 g/mol. The Bertz CT molecular complexity index is 849. The van der Waals surface area contributed by atoms with E-state index in [2.05, 4.69) is 15.4 Å². The van der Waals surface area contributed by atoms with Gasteiger partial charge in [-0.1, -0.05) is 42.5 Å². The van der Waals surface area contributed by atoms with Crippen LogP contribution in [0.2, 0.25) is 0 Å². The van der Waals surface area contributed by atoms with Gasteiger partial charge < -0.3 is 0 Å². The lowest BCUT2D eigenvalue weighted by Gasteiger charge is -2.23. The van der Waals surface area contributed by atoms with Gasteiger partial charge in [-0.3, -0.25) is 5.32 Å². The normalized spacial score (nSPS) is 13.5. The molecule has 1 aromatic heterocycles. The summed E-state index contributed by atoms with van der Waals surface area (Å²) < 4.78 is 42.8.